The molecule has 0 atom stereocenters. The van der Waals surface area contributed by atoms with Crippen LogP contribution in [0.25, 0.3) is 44.4 Å². The standard InChI is InChI=1S/C34H33N4O5/c1-7-20-19(6)32-34(43)33-21(8-2)16(3)26(37-33)13-24-17(4)22(9-11-30(39)40)28(35-24)15-29-23(10-12-31(41)42)18(5)25(36-29)14-27(20)38-32/h7-8,13-15,35-36H,1-2,9-12H2,3-6H3,(H,39,40)(H,41,42). The number of aliphatic carboxylic acids is 2. The van der Waals surface area contributed by atoms with Crippen molar-refractivity contribution in [3.8, 4) is 5.75 Å². The Bertz CT molecular complexity index is 1970. The molecule has 3 aromatic rings. The Labute approximate surface area is 248 Å². The molecule has 0 unspecified atom stereocenters. The van der Waals surface area contributed by atoms with Gasteiger partial charge in [0, 0.05) is 46.1 Å². The van der Waals surface area contributed by atoms with Gasteiger partial charge in [0.2, 0.25) is 5.75 Å². The zero-order valence-corrected chi connectivity index (χ0v) is 24.6. The fourth-order valence-corrected chi connectivity index (χ4v) is 5.85. The van der Waals surface area contributed by atoms with Gasteiger partial charge in [-0.2, -0.15) is 0 Å². The Morgan fingerprint density at radius 1 is 0.721 bits per heavy atom. The predicted molar refractivity (Wildman–Crippen MR) is 168 cm³/mol. The van der Waals surface area contributed by atoms with Crippen molar-refractivity contribution in [2.24, 2.45) is 0 Å². The second-order valence-corrected chi connectivity index (χ2v) is 10.8. The molecule has 2 aliphatic rings. The van der Waals surface area contributed by atoms with Crippen LogP contribution in [-0.4, -0.2) is 42.1 Å². The van der Waals surface area contributed by atoms with Crippen molar-refractivity contribution in [2.75, 3.05) is 0 Å². The number of aryl methyl sites for hydroxylation is 4. The molecule has 4 N–H and O–H groups in total. The Kier molecular flexibility index (Phi) is 7.67. The van der Waals surface area contributed by atoms with Crippen molar-refractivity contribution in [3.63, 3.8) is 0 Å². The first-order valence-electron chi connectivity index (χ1n) is 14.0. The molecule has 2 aliphatic heterocycles. The summed E-state index contributed by atoms with van der Waals surface area (Å²) in [5, 5.41) is 32.8. The third-order valence-electron chi connectivity index (χ3n) is 8.31. The zero-order valence-electron chi connectivity index (χ0n) is 24.6. The fraction of sp³-hybridized carbons (Fsp3) is 0.235. The summed E-state index contributed by atoms with van der Waals surface area (Å²) in [5.74, 6) is -2.14. The monoisotopic (exact) mass is 577 g/mol. The molecule has 0 saturated carbocycles. The summed E-state index contributed by atoms with van der Waals surface area (Å²) in [4.78, 5) is 39.4. The molecule has 0 spiro atoms. The Morgan fingerprint density at radius 2 is 1.21 bits per heavy atom. The van der Waals surface area contributed by atoms with E-state index >= 15 is 0 Å². The van der Waals surface area contributed by atoms with E-state index in [2.05, 4.69) is 23.1 Å². The van der Waals surface area contributed by atoms with E-state index in [0.29, 0.717) is 33.6 Å². The maximum Gasteiger partial charge on any atom is 0.303 e. The number of carboxylic acid groups (broad SMARTS) is 2. The summed E-state index contributed by atoms with van der Waals surface area (Å²) >= 11 is 0. The summed E-state index contributed by atoms with van der Waals surface area (Å²) in [6.45, 7) is 15.4. The lowest BCUT2D eigenvalue weighted by atomic mass is 10.0. The number of aromatic amines is 2. The van der Waals surface area contributed by atoms with Crippen LogP contribution >= 0.6 is 0 Å². The number of aromatic nitrogens is 4. The summed E-state index contributed by atoms with van der Waals surface area (Å²) in [7, 11) is 0. The topological polar surface area (TPSA) is 152 Å². The van der Waals surface area contributed by atoms with Gasteiger partial charge < -0.3 is 20.2 Å². The molecule has 1 radical (unpaired) electrons. The van der Waals surface area contributed by atoms with Crippen LogP contribution in [0.5, 0.6) is 5.75 Å². The first-order valence-corrected chi connectivity index (χ1v) is 14.0. The van der Waals surface area contributed by atoms with E-state index in [9.17, 15) is 24.9 Å². The van der Waals surface area contributed by atoms with E-state index in [1.165, 1.54) is 0 Å². The van der Waals surface area contributed by atoms with Crippen molar-refractivity contribution < 1.29 is 24.9 Å². The first-order chi connectivity index (χ1) is 20.4. The first kappa shape index (κ1) is 29.3. The summed E-state index contributed by atoms with van der Waals surface area (Å²) in [6.07, 6.45) is 3.75. The smallest absolute Gasteiger partial charge is 0.303 e. The summed E-state index contributed by atoms with van der Waals surface area (Å²) in [5.41, 5.74) is 10.7. The highest BCUT2D eigenvalue weighted by molar-refractivity contribution is 6.01. The van der Waals surface area contributed by atoms with Crippen molar-refractivity contribution in [2.45, 2.75) is 53.4 Å². The number of fused-ring (bicyclic) bond motifs is 8. The van der Waals surface area contributed by atoms with Gasteiger partial charge in [-0.15, -0.1) is 0 Å². The molecule has 5 heterocycles. The highest BCUT2D eigenvalue weighted by atomic mass is 16.4. The summed E-state index contributed by atoms with van der Waals surface area (Å²) < 4.78 is 0. The third kappa shape index (κ3) is 5.18. The van der Waals surface area contributed by atoms with Gasteiger partial charge in [-0.25, -0.2) is 9.97 Å². The van der Waals surface area contributed by atoms with Crippen LogP contribution in [-0.2, 0) is 27.5 Å². The van der Waals surface area contributed by atoms with Gasteiger partial charge in [-0.3, -0.25) is 14.7 Å². The lowest BCUT2D eigenvalue weighted by molar-refractivity contribution is -0.138. The average Bonchev–Trinajstić information content (AvgIpc) is 3.63. The lowest BCUT2D eigenvalue weighted by Gasteiger charge is -2.00. The van der Waals surface area contributed by atoms with Gasteiger partial charge in [0.05, 0.1) is 11.4 Å². The van der Waals surface area contributed by atoms with Crippen LogP contribution in [0.1, 0.15) is 71.7 Å². The SMILES string of the molecule is C=CC1=C(C)c2nc1cc1[nH]c(cc3[nH]c(cc4nc(c2[O])C(C=C)=C4C)c(C)c3CCC(=O)O)c(CCC(=O)O)c1C. The van der Waals surface area contributed by atoms with E-state index in [1.54, 1.807) is 12.2 Å². The minimum atomic E-state index is -0.911. The number of H-pyrrole nitrogens is 2. The number of nitrogens with zero attached hydrogens (tertiary/aromatic N) is 2. The van der Waals surface area contributed by atoms with E-state index < -0.39 is 11.9 Å². The minimum absolute atomic E-state index is 0.0605. The van der Waals surface area contributed by atoms with E-state index in [4.69, 9.17) is 9.97 Å². The van der Waals surface area contributed by atoms with Crippen LogP contribution in [0.3, 0.4) is 0 Å². The minimum Gasteiger partial charge on any atom is -0.481 e. The molecule has 9 nitrogen and oxygen atoms in total. The molecule has 43 heavy (non-hydrogen) atoms. The van der Waals surface area contributed by atoms with Gasteiger partial charge in [-0.1, -0.05) is 25.3 Å². The van der Waals surface area contributed by atoms with Gasteiger partial charge in [-0.05, 0) is 92.1 Å². The van der Waals surface area contributed by atoms with Crippen LogP contribution in [0.15, 0.2) is 43.5 Å². The number of carboxylic acids is 2. The van der Waals surface area contributed by atoms with Crippen LogP contribution < -0.4 is 0 Å². The Hall–Kier alpha value is -5.18. The van der Waals surface area contributed by atoms with Crippen LogP contribution in [0.2, 0.25) is 0 Å². The Morgan fingerprint density at radius 3 is 1.70 bits per heavy atom. The molecule has 0 fully saturated rings. The summed E-state index contributed by atoms with van der Waals surface area (Å²) in [6, 6.07) is 5.61. The molecule has 3 aromatic heterocycles. The molecule has 0 amide bonds. The van der Waals surface area contributed by atoms with Gasteiger partial charge in [0.1, 0.15) is 11.4 Å². The molecular weight excluding hydrogens is 544 g/mol. The maximum absolute atomic E-state index is 13.9. The molecular formula is C34H33N4O5. The number of hydrogen-bond donors (Lipinski definition) is 4. The van der Waals surface area contributed by atoms with Gasteiger partial charge in [0.15, 0.2) is 0 Å². The average molecular weight is 578 g/mol. The number of allylic oxidation sites excluding steroid dienone is 6. The lowest BCUT2D eigenvalue weighted by Crippen LogP contribution is -1.98. The predicted octanol–water partition coefficient (Wildman–Crippen LogP) is 7.34. The highest BCUT2D eigenvalue weighted by Crippen LogP contribution is 2.41. The van der Waals surface area contributed by atoms with Crippen LogP contribution in [0.4, 0.5) is 0 Å². The van der Waals surface area contributed by atoms with Crippen molar-refractivity contribution in [3.05, 3.63) is 88.5 Å². The molecule has 5 rings (SSSR count). The third-order valence-corrected chi connectivity index (χ3v) is 8.31. The largest absolute Gasteiger partial charge is 0.481 e. The molecule has 0 aromatic carbocycles. The molecule has 219 valence electrons. The molecule has 8 bridgehead atoms. The van der Waals surface area contributed by atoms with Gasteiger partial charge >= 0.3 is 11.9 Å². The number of hydrogen-bond acceptors (Lipinski definition) is 4. The van der Waals surface area contributed by atoms with E-state index in [-0.39, 0.29) is 42.8 Å². The number of rotatable bonds is 8. The normalized spacial score (nSPS) is 13.0. The van der Waals surface area contributed by atoms with Crippen molar-refractivity contribution in [1.29, 1.82) is 0 Å². The van der Waals surface area contributed by atoms with E-state index in [1.807, 2.05) is 45.9 Å². The second-order valence-electron chi connectivity index (χ2n) is 10.8. The maximum atomic E-state index is 13.9. The number of carbonyl (C=O) groups is 2. The molecule has 0 aliphatic carbocycles. The van der Waals surface area contributed by atoms with Gasteiger partial charge in [0.25, 0.3) is 0 Å². The molecule has 9 heteroatoms. The molecule has 0 saturated heterocycles. The quantitative estimate of drug-likeness (QED) is 0.220. The zero-order chi connectivity index (χ0) is 31.2. The highest BCUT2D eigenvalue weighted by Gasteiger charge is 2.26. The second kappa shape index (κ2) is 11.2. The van der Waals surface area contributed by atoms with Crippen LogP contribution in [0, 0.1) is 13.8 Å². The Balaban J connectivity index is 1.99. The van der Waals surface area contributed by atoms with Crippen molar-refractivity contribution >= 4 is 56.3 Å². The fourth-order valence-electron chi connectivity index (χ4n) is 5.85. The van der Waals surface area contributed by atoms with E-state index in [0.717, 1.165) is 44.4 Å². The number of nitrogens with one attached hydrogen (secondary N) is 2. The van der Waals surface area contributed by atoms with Crippen molar-refractivity contribution in [1.82, 2.24) is 19.9 Å².